The molecular weight excluding hydrogens is 212 g/mol. The summed E-state index contributed by atoms with van der Waals surface area (Å²) in [6, 6.07) is 1.34. The van der Waals surface area contributed by atoms with Crippen molar-refractivity contribution in [1.82, 2.24) is 10.2 Å². The fourth-order valence-corrected chi connectivity index (χ4v) is 3.70. The van der Waals surface area contributed by atoms with E-state index in [4.69, 9.17) is 4.74 Å². The second-order valence-corrected chi connectivity index (χ2v) is 5.94. The number of hydrogen-bond donors (Lipinski definition) is 1. The molecule has 0 bridgehead atoms. The zero-order chi connectivity index (χ0) is 11.7. The number of rotatable bonds is 4. The second kappa shape index (κ2) is 5.25. The third-order valence-electron chi connectivity index (χ3n) is 4.91. The van der Waals surface area contributed by atoms with E-state index in [1.807, 2.05) is 0 Å². The Bertz CT molecular complexity index is 255. The second-order valence-electron chi connectivity index (χ2n) is 5.94. The monoisotopic (exact) mass is 238 g/mol. The highest BCUT2D eigenvalue weighted by Crippen LogP contribution is 2.34. The summed E-state index contributed by atoms with van der Waals surface area (Å²) in [7, 11) is 0. The summed E-state index contributed by atoms with van der Waals surface area (Å²) in [5.41, 5.74) is 0. The van der Waals surface area contributed by atoms with Gasteiger partial charge < -0.3 is 10.1 Å². The molecule has 17 heavy (non-hydrogen) atoms. The first kappa shape index (κ1) is 11.9. The smallest absolute Gasteiger partial charge is 0.0858 e. The molecule has 1 N–H and O–H groups in total. The lowest BCUT2D eigenvalue weighted by Crippen LogP contribution is -2.57. The Kier molecular flexibility index (Phi) is 3.69. The third-order valence-corrected chi connectivity index (χ3v) is 4.91. The molecule has 3 rings (SSSR count). The minimum atomic E-state index is 0.439. The van der Waals surface area contributed by atoms with Crippen LogP contribution in [0.3, 0.4) is 0 Å². The van der Waals surface area contributed by atoms with Gasteiger partial charge in [-0.15, -0.1) is 0 Å². The van der Waals surface area contributed by atoms with Gasteiger partial charge >= 0.3 is 0 Å². The lowest BCUT2D eigenvalue weighted by molar-refractivity contribution is -0.0790. The van der Waals surface area contributed by atoms with Crippen molar-refractivity contribution in [2.75, 3.05) is 26.2 Å². The molecule has 2 aliphatic heterocycles. The zero-order valence-electron chi connectivity index (χ0n) is 11.0. The van der Waals surface area contributed by atoms with Crippen molar-refractivity contribution in [2.24, 2.45) is 5.92 Å². The molecule has 0 radical (unpaired) electrons. The van der Waals surface area contributed by atoms with Gasteiger partial charge in [0.1, 0.15) is 0 Å². The summed E-state index contributed by atoms with van der Waals surface area (Å²) < 4.78 is 6.16. The summed E-state index contributed by atoms with van der Waals surface area (Å²) in [5.74, 6) is 0.874. The Morgan fingerprint density at radius 2 is 2.18 bits per heavy atom. The molecule has 2 saturated heterocycles. The molecule has 1 saturated carbocycles. The molecule has 0 spiro atoms. The van der Waals surface area contributed by atoms with E-state index in [9.17, 15) is 0 Å². The van der Waals surface area contributed by atoms with Crippen LogP contribution in [0.25, 0.3) is 0 Å². The first-order valence-electron chi connectivity index (χ1n) is 7.47. The first-order valence-corrected chi connectivity index (χ1v) is 7.47. The SMILES string of the molecule is CCNC(C1CCC1)C1CN2CCCC2CO1. The van der Waals surface area contributed by atoms with Crippen molar-refractivity contribution in [3.8, 4) is 0 Å². The van der Waals surface area contributed by atoms with Crippen molar-refractivity contribution in [2.45, 2.75) is 57.2 Å². The standard InChI is InChI=1S/C14H26N2O/c1-2-15-14(11-5-3-6-11)13-9-16-8-4-7-12(16)10-17-13/h11-15H,2-10H2,1H3. The van der Waals surface area contributed by atoms with E-state index in [0.717, 1.165) is 25.1 Å². The van der Waals surface area contributed by atoms with E-state index < -0.39 is 0 Å². The minimum Gasteiger partial charge on any atom is -0.374 e. The van der Waals surface area contributed by atoms with Gasteiger partial charge in [0, 0.05) is 18.6 Å². The van der Waals surface area contributed by atoms with E-state index in [0.29, 0.717) is 12.1 Å². The summed E-state index contributed by atoms with van der Waals surface area (Å²) >= 11 is 0. The van der Waals surface area contributed by atoms with Crippen LogP contribution >= 0.6 is 0 Å². The van der Waals surface area contributed by atoms with Crippen LogP contribution in [0.15, 0.2) is 0 Å². The molecule has 0 amide bonds. The highest BCUT2D eigenvalue weighted by atomic mass is 16.5. The molecule has 1 aliphatic carbocycles. The highest BCUT2D eigenvalue weighted by Gasteiger charge is 2.39. The predicted octanol–water partition coefficient (Wildman–Crippen LogP) is 1.63. The molecule has 3 unspecified atom stereocenters. The largest absolute Gasteiger partial charge is 0.374 e. The fraction of sp³-hybridized carbons (Fsp3) is 1.00. The minimum absolute atomic E-state index is 0.439. The lowest BCUT2D eigenvalue weighted by atomic mass is 9.77. The number of nitrogens with one attached hydrogen (secondary N) is 1. The number of hydrogen-bond acceptors (Lipinski definition) is 3. The predicted molar refractivity (Wildman–Crippen MR) is 69.1 cm³/mol. The summed E-state index contributed by atoms with van der Waals surface area (Å²) in [6.45, 7) is 6.73. The molecule has 3 aliphatic rings. The quantitative estimate of drug-likeness (QED) is 0.805. The van der Waals surface area contributed by atoms with E-state index >= 15 is 0 Å². The Balaban J connectivity index is 1.60. The lowest BCUT2D eigenvalue weighted by Gasteiger charge is -2.44. The van der Waals surface area contributed by atoms with Gasteiger partial charge in [0.25, 0.3) is 0 Å². The number of nitrogens with zero attached hydrogens (tertiary/aromatic N) is 1. The average Bonchev–Trinajstić information content (AvgIpc) is 2.72. The number of morpholine rings is 1. The van der Waals surface area contributed by atoms with Crippen LogP contribution in [0, 0.1) is 5.92 Å². The molecule has 3 fully saturated rings. The highest BCUT2D eigenvalue weighted by molar-refractivity contribution is 4.94. The zero-order valence-corrected chi connectivity index (χ0v) is 11.0. The van der Waals surface area contributed by atoms with Gasteiger partial charge in [0.15, 0.2) is 0 Å². The molecule has 2 heterocycles. The van der Waals surface area contributed by atoms with Crippen molar-refractivity contribution < 1.29 is 4.74 Å². The van der Waals surface area contributed by atoms with E-state index in [1.54, 1.807) is 0 Å². The number of fused-ring (bicyclic) bond motifs is 1. The maximum absolute atomic E-state index is 6.16. The maximum Gasteiger partial charge on any atom is 0.0858 e. The van der Waals surface area contributed by atoms with Crippen LogP contribution in [-0.4, -0.2) is 49.3 Å². The molecule has 0 aromatic rings. The van der Waals surface area contributed by atoms with Gasteiger partial charge in [-0.3, -0.25) is 4.90 Å². The van der Waals surface area contributed by atoms with Crippen LogP contribution in [0.4, 0.5) is 0 Å². The normalized spacial score (nSPS) is 36.5. The van der Waals surface area contributed by atoms with Crippen molar-refractivity contribution >= 4 is 0 Å². The van der Waals surface area contributed by atoms with Crippen LogP contribution in [0.5, 0.6) is 0 Å². The summed E-state index contributed by atoms with van der Waals surface area (Å²) in [6.07, 6.45) is 7.39. The van der Waals surface area contributed by atoms with Gasteiger partial charge in [-0.05, 0) is 44.7 Å². The van der Waals surface area contributed by atoms with Gasteiger partial charge in [0.05, 0.1) is 12.7 Å². The van der Waals surface area contributed by atoms with E-state index in [1.165, 1.54) is 45.2 Å². The van der Waals surface area contributed by atoms with Crippen LogP contribution < -0.4 is 5.32 Å². The van der Waals surface area contributed by atoms with Gasteiger partial charge in [0.2, 0.25) is 0 Å². The summed E-state index contributed by atoms with van der Waals surface area (Å²) in [4.78, 5) is 2.66. The summed E-state index contributed by atoms with van der Waals surface area (Å²) in [5, 5.41) is 3.68. The topological polar surface area (TPSA) is 24.5 Å². The first-order chi connectivity index (χ1) is 8.38. The average molecular weight is 238 g/mol. The number of ether oxygens (including phenoxy) is 1. The van der Waals surface area contributed by atoms with Crippen LogP contribution in [0.2, 0.25) is 0 Å². The molecule has 3 heteroatoms. The Morgan fingerprint density at radius 1 is 1.29 bits per heavy atom. The van der Waals surface area contributed by atoms with Gasteiger partial charge in [-0.1, -0.05) is 13.3 Å². The third kappa shape index (κ3) is 2.38. The molecule has 0 aromatic carbocycles. The molecule has 98 valence electrons. The van der Waals surface area contributed by atoms with Gasteiger partial charge in [-0.2, -0.15) is 0 Å². The number of likely N-dealkylation sites (N-methyl/N-ethyl adjacent to an activating group) is 1. The Hall–Kier alpha value is -0.120. The Labute approximate surface area is 105 Å². The van der Waals surface area contributed by atoms with Crippen molar-refractivity contribution in [3.63, 3.8) is 0 Å². The van der Waals surface area contributed by atoms with Crippen molar-refractivity contribution in [3.05, 3.63) is 0 Å². The van der Waals surface area contributed by atoms with Crippen LogP contribution in [0.1, 0.15) is 39.0 Å². The van der Waals surface area contributed by atoms with Crippen LogP contribution in [-0.2, 0) is 4.74 Å². The van der Waals surface area contributed by atoms with Crippen molar-refractivity contribution in [1.29, 1.82) is 0 Å². The molecular formula is C14H26N2O. The molecule has 3 nitrogen and oxygen atoms in total. The van der Waals surface area contributed by atoms with E-state index in [-0.39, 0.29) is 0 Å². The molecule has 0 aromatic heterocycles. The van der Waals surface area contributed by atoms with Gasteiger partial charge in [-0.25, -0.2) is 0 Å². The Morgan fingerprint density at radius 3 is 2.88 bits per heavy atom. The fourth-order valence-electron chi connectivity index (χ4n) is 3.70. The van der Waals surface area contributed by atoms with E-state index in [2.05, 4.69) is 17.1 Å². The maximum atomic E-state index is 6.16. The molecule has 3 atom stereocenters.